The summed E-state index contributed by atoms with van der Waals surface area (Å²) >= 11 is 5.29. The van der Waals surface area contributed by atoms with Crippen molar-refractivity contribution in [3.8, 4) is 0 Å². The molecule has 0 radical (unpaired) electrons. The maximum absolute atomic E-state index is 3.49. The van der Waals surface area contributed by atoms with Crippen LogP contribution in [0.3, 0.4) is 0 Å². The molecule has 2 nitrogen and oxygen atoms in total. The summed E-state index contributed by atoms with van der Waals surface area (Å²) in [5, 5.41) is 3.49. The van der Waals surface area contributed by atoms with Gasteiger partial charge in [-0.1, -0.05) is 0 Å². The second-order valence-corrected chi connectivity index (χ2v) is 6.48. The first-order valence-electron chi connectivity index (χ1n) is 5.52. The predicted molar refractivity (Wildman–Crippen MR) is 69.4 cm³/mol. The fraction of sp³-hybridized carbons (Fsp3) is 0.636. The molecule has 0 bridgehead atoms. The second-order valence-electron chi connectivity index (χ2n) is 3.93. The van der Waals surface area contributed by atoms with Crippen molar-refractivity contribution in [2.75, 3.05) is 26.2 Å². The van der Waals surface area contributed by atoms with Crippen LogP contribution < -0.4 is 5.32 Å². The fourth-order valence-corrected chi connectivity index (χ4v) is 3.35. The van der Waals surface area contributed by atoms with E-state index in [1.54, 1.807) is 0 Å². The Labute approximate surface area is 104 Å². The predicted octanol–water partition coefficient (Wildman–Crippen LogP) is 2.70. The summed E-state index contributed by atoms with van der Waals surface area (Å²) < 4.78 is 1.22. The van der Waals surface area contributed by atoms with Crippen molar-refractivity contribution >= 4 is 27.3 Å². The highest BCUT2D eigenvalue weighted by molar-refractivity contribution is 9.11. The lowest BCUT2D eigenvalue weighted by molar-refractivity contribution is 0.336. The Morgan fingerprint density at radius 1 is 1.33 bits per heavy atom. The molecule has 0 unspecified atom stereocenters. The van der Waals surface area contributed by atoms with Crippen molar-refractivity contribution in [1.82, 2.24) is 10.2 Å². The van der Waals surface area contributed by atoms with E-state index in [1.807, 2.05) is 11.3 Å². The Morgan fingerprint density at radius 2 is 2.13 bits per heavy atom. The molecule has 1 aromatic heterocycles. The molecule has 84 valence electrons. The number of hydrogen-bond donors (Lipinski definition) is 1. The van der Waals surface area contributed by atoms with E-state index in [0.29, 0.717) is 0 Å². The molecule has 1 aromatic rings. The van der Waals surface area contributed by atoms with Crippen molar-refractivity contribution in [3.63, 3.8) is 0 Å². The van der Waals surface area contributed by atoms with Gasteiger partial charge in [-0.3, -0.25) is 0 Å². The van der Waals surface area contributed by atoms with Crippen molar-refractivity contribution in [1.29, 1.82) is 0 Å². The van der Waals surface area contributed by atoms with Gasteiger partial charge < -0.3 is 10.2 Å². The van der Waals surface area contributed by atoms with Crippen LogP contribution in [-0.2, 0) is 6.54 Å². The van der Waals surface area contributed by atoms with Crippen molar-refractivity contribution in [2.45, 2.75) is 19.4 Å². The van der Waals surface area contributed by atoms with Gasteiger partial charge in [-0.05, 0) is 54.0 Å². The number of hydrogen-bond acceptors (Lipinski definition) is 3. The van der Waals surface area contributed by atoms with Gasteiger partial charge in [0.05, 0.1) is 3.79 Å². The van der Waals surface area contributed by atoms with Crippen LogP contribution in [0.15, 0.2) is 15.9 Å². The topological polar surface area (TPSA) is 15.3 Å². The average molecular weight is 289 g/mol. The number of nitrogens with one attached hydrogen (secondary N) is 1. The minimum absolute atomic E-state index is 1.00. The Hall–Kier alpha value is 0.1000. The molecule has 1 aliphatic heterocycles. The molecule has 4 heteroatoms. The van der Waals surface area contributed by atoms with Gasteiger partial charge in [-0.15, -0.1) is 11.3 Å². The molecule has 0 atom stereocenters. The zero-order valence-electron chi connectivity index (χ0n) is 8.84. The third-order valence-corrected chi connectivity index (χ3v) is 4.36. The van der Waals surface area contributed by atoms with Gasteiger partial charge in [0.15, 0.2) is 0 Å². The average Bonchev–Trinajstić information content (AvgIpc) is 2.84. The van der Waals surface area contributed by atoms with Crippen LogP contribution in [-0.4, -0.2) is 31.1 Å². The highest BCUT2D eigenvalue weighted by atomic mass is 79.9. The van der Waals surface area contributed by atoms with Crippen LogP contribution in [0.25, 0.3) is 0 Å². The molecule has 0 aliphatic carbocycles. The Bertz CT molecular complexity index is 295. The SMILES string of the molecule is Brc1ccc(CNCCN2CCCC2)s1. The van der Waals surface area contributed by atoms with Gasteiger partial charge in [-0.2, -0.15) is 0 Å². The van der Waals surface area contributed by atoms with Gasteiger partial charge in [0.25, 0.3) is 0 Å². The first-order valence-corrected chi connectivity index (χ1v) is 7.13. The van der Waals surface area contributed by atoms with Gasteiger partial charge >= 0.3 is 0 Å². The Balaban J connectivity index is 1.58. The quantitative estimate of drug-likeness (QED) is 0.838. The Kier molecular flexibility index (Phi) is 4.62. The fourth-order valence-electron chi connectivity index (χ4n) is 1.90. The monoisotopic (exact) mass is 288 g/mol. The van der Waals surface area contributed by atoms with Gasteiger partial charge in [-0.25, -0.2) is 0 Å². The second kappa shape index (κ2) is 5.99. The van der Waals surface area contributed by atoms with Crippen LogP contribution in [0.1, 0.15) is 17.7 Å². The zero-order chi connectivity index (χ0) is 10.5. The third-order valence-electron chi connectivity index (χ3n) is 2.73. The van der Waals surface area contributed by atoms with E-state index >= 15 is 0 Å². The molecular weight excluding hydrogens is 272 g/mol. The molecule has 0 aromatic carbocycles. The summed E-state index contributed by atoms with van der Waals surface area (Å²) in [6.07, 6.45) is 2.77. The van der Waals surface area contributed by atoms with E-state index in [9.17, 15) is 0 Å². The standard InChI is InChI=1S/C11H17BrN2S/c12-11-4-3-10(15-11)9-13-5-8-14-6-1-2-7-14/h3-4,13H,1-2,5-9H2. The molecule has 15 heavy (non-hydrogen) atoms. The maximum Gasteiger partial charge on any atom is 0.0701 e. The van der Waals surface area contributed by atoms with Crippen LogP contribution in [0.5, 0.6) is 0 Å². The largest absolute Gasteiger partial charge is 0.311 e. The summed E-state index contributed by atoms with van der Waals surface area (Å²) in [4.78, 5) is 3.94. The molecule has 0 spiro atoms. The van der Waals surface area contributed by atoms with Crippen LogP contribution >= 0.6 is 27.3 Å². The van der Waals surface area contributed by atoms with Crippen LogP contribution in [0.4, 0.5) is 0 Å². The van der Waals surface area contributed by atoms with E-state index in [0.717, 1.165) is 13.1 Å². The summed E-state index contributed by atoms with van der Waals surface area (Å²) in [6, 6.07) is 4.29. The first-order chi connectivity index (χ1) is 7.34. The summed E-state index contributed by atoms with van der Waals surface area (Å²) in [5.74, 6) is 0. The normalized spacial score (nSPS) is 17.4. The number of halogens is 1. The lowest BCUT2D eigenvalue weighted by atomic mass is 10.4. The summed E-state index contributed by atoms with van der Waals surface area (Å²) in [6.45, 7) is 5.91. The molecule has 0 amide bonds. The minimum atomic E-state index is 1.00. The molecular formula is C11H17BrN2S. The molecule has 1 aliphatic rings. The maximum atomic E-state index is 3.49. The molecule has 0 saturated carbocycles. The molecule has 1 saturated heterocycles. The van der Waals surface area contributed by atoms with Gasteiger partial charge in [0.1, 0.15) is 0 Å². The molecule has 1 N–H and O–H groups in total. The Morgan fingerprint density at radius 3 is 2.80 bits per heavy atom. The van der Waals surface area contributed by atoms with E-state index in [1.165, 1.54) is 41.1 Å². The van der Waals surface area contributed by atoms with E-state index in [4.69, 9.17) is 0 Å². The van der Waals surface area contributed by atoms with E-state index in [-0.39, 0.29) is 0 Å². The number of likely N-dealkylation sites (tertiary alicyclic amines) is 1. The van der Waals surface area contributed by atoms with Crippen LogP contribution in [0, 0.1) is 0 Å². The van der Waals surface area contributed by atoms with Crippen molar-refractivity contribution < 1.29 is 0 Å². The minimum Gasteiger partial charge on any atom is -0.311 e. The molecule has 2 heterocycles. The highest BCUT2D eigenvalue weighted by Gasteiger charge is 2.09. The third kappa shape index (κ3) is 3.87. The van der Waals surface area contributed by atoms with Crippen LogP contribution in [0.2, 0.25) is 0 Å². The summed E-state index contributed by atoms with van der Waals surface area (Å²) in [7, 11) is 0. The number of nitrogens with zero attached hydrogens (tertiary/aromatic N) is 1. The lowest BCUT2D eigenvalue weighted by Crippen LogP contribution is -2.29. The number of thiophene rings is 1. The molecule has 1 fully saturated rings. The molecule has 2 rings (SSSR count). The van der Waals surface area contributed by atoms with Gasteiger partial charge in [0.2, 0.25) is 0 Å². The first kappa shape index (κ1) is 11.6. The lowest BCUT2D eigenvalue weighted by Gasteiger charge is -2.14. The summed E-state index contributed by atoms with van der Waals surface area (Å²) in [5.41, 5.74) is 0. The smallest absolute Gasteiger partial charge is 0.0701 e. The van der Waals surface area contributed by atoms with E-state index in [2.05, 4.69) is 38.3 Å². The highest BCUT2D eigenvalue weighted by Crippen LogP contribution is 2.21. The van der Waals surface area contributed by atoms with Crippen molar-refractivity contribution in [3.05, 3.63) is 20.8 Å². The number of rotatable bonds is 5. The zero-order valence-corrected chi connectivity index (χ0v) is 11.2. The van der Waals surface area contributed by atoms with Gasteiger partial charge in [0, 0.05) is 24.5 Å². The van der Waals surface area contributed by atoms with E-state index < -0.39 is 0 Å². The van der Waals surface area contributed by atoms with Crippen molar-refractivity contribution in [2.24, 2.45) is 0 Å².